The zero-order valence-corrected chi connectivity index (χ0v) is 13.4. The maximum atomic E-state index is 13.6. The van der Waals surface area contributed by atoms with Gasteiger partial charge in [-0.2, -0.15) is 0 Å². The molecule has 0 saturated carbocycles. The lowest BCUT2D eigenvalue weighted by Crippen LogP contribution is -2.38. The molecule has 0 spiro atoms. The Morgan fingerprint density at radius 3 is 2.42 bits per heavy atom. The highest BCUT2D eigenvalue weighted by atomic mass is 19.1. The van der Waals surface area contributed by atoms with E-state index >= 15 is 0 Å². The van der Waals surface area contributed by atoms with Gasteiger partial charge < -0.3 is 10.2 Å². The summed E-state index contributed by atoms with van der Waals surface area (Å²) in [5.41, 5.74) is 0.523. The fourth-order valence-electron chi connectivity index (χ4n) is 2.73. The van der Waals surface area contributed by atoms with Crippen LogP contribution in [0.1, 0.15) is 30.3 Å². The first-order valence-corrected chi connectivity index (χ1v) is 8.01. The molecular formula is C18H19F2N3O. The summed E-state index contributed by atoms with van der Waals surface area (Å²) in [6.45, 7) is 3.66. The van der Waals surface area contributed by atoms with E-state index in [0.29, 0.717) is 17.3 Å². The quantitative estimate of drug-likeness (QED) is 0.925. The highest BCUT2D eigenvalue weighted by Crippen LogP contribution is 2.23. The van der Waals surface area contributed by atoms with Gasteiger partial charge in [-0.05, 0) is 43.0 Å². The van der Waals surface area contributed by atoms with Crippen LogP contribution in [0.25, 0.3) is 0 Å². The Kier molecular flexibility index (Phi) is 4.74. The van der Waals surface area contributed by atoms with E-state index in [1.54, 1.807) is 17.0 Å². The van der Waals surface area contributed by atoms with E-state index in [2.05, 4.69) is 17.2 Å². The number of hydrogen-bond donors (Lipinski definition) is 1. The number of anilines is 2. The number of carbonyl (C=O) groups is 1. The summed E-state index contributed by atoms with van der Waals surface area (Å²) in [7, 11) is 0. The van der Waals surface area contributed by atoms with Crippen LogP contribution in [0, 0.1) is 17.6 Å². The molecule has 1 N–H and O–H groups in total. The third kappa shape index (κ3) is 3.53. The topological polar surface area (TPSA) is 45.2 Å². The van der Waals surface area contributed by atoms with Crippen LogP contribution in [-0.4, -0.2) is 28.9 Å². The largest absolute Gasteiger partial charge is 0.349 e. The van der Waals surface area contributed by atoms with E-state index in [1.165, 1.54) is 24.4 Å². The molecule has 0 bridgehead atoms. The van der Waals surface area contributed by atoms with Crippen molar-refractivity contribution in [2.45, 2.75) is 19.8 Å². The van der Waals surface area contributed by atoms with Gasteiger partial charge in [0.1, 0.15) is 23.0 Å². The van der Waals surface area contributed by atoms with Crippen molar-refractivity contribution in [1.82, 2.24) is 9.88 Å². The summed E-state index contributed by atoms with van der Waals surface area (Å²) in [5, 5.41) is 2.65. The lowest BCUT2D eigenvalue weighted by Gasteiger charge is -2.30. The maximum absolute atomic E-state index is 13.6. The van der Waals surface area contributed by atoms with Gasteiger partial charge in [-0.25, -0.2) is 13.8 Å². The number of piperidine rings is 1. The molecule has 6 heteroatoms. The number of amides is 1. The number of likely N-dealkylation sites (tertiary alicyclic amines) is 1. The van der Waals surface area contributed by atoms with Crippen LogP contribution in [0.2, 0.25) is 0 Å². The van der Waals surface area contributed by atoms with Gasteiger partial charge in [-0.3, -0.25) is 4.79 Å². The molecule has 1 saturated heterocycles. The number of carbonyl (C=O) groups excluding carboxylic acids is 1. The van der Waals surface area contributed by atoms with Gasteiger partial charge in [-0.1, -0.05) is 13.0 Å². The molecule has 1 aliphatic heterocycles. The van der Waals surface area contributed by atoms with Gasteiger partial charge in [0.25, 0.3) is 5.91 Å². The lowest BCUT2D eigenvalue weighted by molar-refractivity contribution is 0.0691. The lowest BCUT2D eigenvalue weighted by atomic mass is 9.99. The summed E-state index contributed by atoms with van der Waals surface area (Å²) in [5.74, 6) is -0.829. The van der Waals surface area contributed by atoms with Gasteiger partial charge in [0.05, 0.1) is 11.9 Å². The highest BCUT2D eigenvalue weighted by molar-refractivity contribution is 5.92. The summed E-state index contributed by atoms with van der Waals surface area (Å²) in [4.78, 5) is 18.3. The van der Waals surface area contributed by atoms with Crippen molar-refractivity contribution < 1.29 is 13.6 Å². The molecule has 0 atom stereocenters. The SMILES string of the molecule is CC1CCN(C(=O)c2ccc(Nc3c(F)cccc3F)cn2)CC1. The van der Waals surface area contributed by atoms with E-state index < -0.39 is 11.6 Å². The minimum atomic E-state index is -0.683. The highest BCUT2D eigenvalue weighted by Gasteiger charge is 2.22. The molecule has 0 radical (unpaired) electrons. The number of hydrogen-bond acceptors (Lipinski definition) is 3. The minimum absolute atomic E-state index is 0.106. The summed E-state index contributed by atoms with van der Waals surface area (Å²) >= 11 is 0. The van der Waals surface area contributed by atoms with Gasteiger partial charge in [0, 0.05) is 13.1 Å². The predicted molar refractivity (Wildman–Crippen MR) is 88.2 cm³/mol. The first-order valence-electron chi connectivity index (χ1n) is 8.01. The van der Waals surface area contributed by atoms with Gasteiger partial charge in [0.15, 0.2) is 0 Å². The molecular weight excluding hydrogens is 312 g/mol. The first-order chi connectivity index (χ1) is 11.5. The maximum Gasteiger partial charge on any atom is 0.272 e. The van der Waals surface area contributed by atoms with Crippen LogP contribution >= 0.6 is 0 Å². The minimum Gasteiger partial charge on any atom is -0.349 e. The van der Waals surface area contributed by atoms with Crippen molar-refractivity contribution in [1.29, 1.82) is 0 Å². The second-order valence-corrected chi connectivity index (χ2v) is 6.13. The molecule has 1 fully saturated rings. The van der Waals surface area contributed by atoms with Crippen LogP contribution in [0.4, 0.5) is 20.2 Å². The van der Waals surface area contributed by atoms with Crippen LogP contribution in [0.3, 0.4) is 0 Å². The molecule has 0 unspecified atom stereocenters. The van der Waals surface area contributed by atoms with Gasteiger partial charge >= 0.3 is 0 Å². The monoisotopic (exact) mass is 331 g/mol. The van der Waals surface area contributed by atoms with E-state index in [-0.39, 0.29) is 11.6 Å². The standard InChI is InChI=1S/C18H19F2N3O/c1-12-7-9-23(10-8-12)18(24)16-6-5-13(11-21-16)22-17-14(19)3-2-4-15(17)20/h2-6,11-12,22H,7-10H2,1H3. The molecule has 4 nitrogen and oxygen atoms in total. The third-order valence-corrected chi connectivity index (χ3v) is 4.29. The Hall–Kier alpha value is -2.50. The van der Waals surface area contributed by atoms with Crippen molar-refractivity contribution in [3.63, 3.8) is 0 Å². The summed E-state index contributed by atoms with van der Waals surface area (Å²) in [6.07, 6.45) is 3.40. The second kappa shape index (κ2) is 6.95. The molecule has 126 valence electrons. The molecule has 2 aromatic rings. The summed E-state index contributed by atoms with van der Waals surface area (Å²) < 4.78 is 27.3. The van der Waals surface area contributed by atoms with Crippen molar-refractivity contribution in [3.8, 4) is 0 Å². The van der Waals surface area contributed by atoms with Crippen LogP contribution in [0.5, 0.6) is 0 Å². The van der Waals surface area contributed by atoms with Crippen molar-refractivity contribution in [3.05, 3.63) is 53.9 Å². The zero-order valence-electron chi connectivity index (χ0n) is 13.4. The molecule has 1 aliphatic rings. The van der Waals surface area contributed by atoms with Gasteiger partial charge in [0.2, 0.25) is 0 Å². The van der Waals surface area contributed by atoms with E-state index in [0.717, 1.165) is 25.9 Å². The normalized spacial score (nSPS) is 15.4. The molecule has 1 aromatic heterocycles. The number of pyridine rings is 1. The third-order valence-electron chi connectivity index (χ3n) is 4.29. The van der Waals surface area contributed by atoms with Crippen molar-refractivity contribution in [2.24, 2.45) is 5.92 Å². The number of rotatable bonds is 3. The van der Waals surface area contributed by atoms with E-state index in [4.69, 9.17) is 0 Å². The fraction of sp³-hybridized carbons (Fsp3) is 0.333. The predicted octanol–water partition coefficient (Wildman–Crippen LogP) is 3.98. The van der Waals surface area contributed by atoms with Crippen molar-refractivity contribution >= 4 is 17.3 Å². The smallest absolute Gasteiger partial charge is 0.272 e. The van der Waals surface area contributed by atoms with E-state index in [1.807, 2.05) is 0 Å². The zero-order chi connectivity index (χ0) is 17.1. The Labute approximate surface area is 139 Å². The average Bonchev–Trinajstić information content (AvgIpc) is 2.59. The molecule has 3 rings (SSSR count). The fourth-order valence-corrected chi connectivity index (χ4v) is 2.73. The summed E-state index contributed by atoms with van der Waals surface area (Å²) in [6, 6.07) is 6.82. The molecule has 1 aromatic carbocycles. The van der Waals surface area contributed by atoms with Crippen LogP contribution in [0.15, 0.2) is 36.5 Å². The first kappa shape index (κ1) is 16.4. The number of para-hydroxylation sites is 1. The number of halogens is 2. The molecule has 2 heterocycles. The number of nitrogens with zero attached hydrogens (tertiary/aromatic N) is 2. The number of aromatic nitrogens is 1. The second-order valence-electron chi connectivity index (χ2n) is 6.13. The van der Waals surface area contributed by atoms with Crippen LogP contribution in [-0.2, 0) is 0 Å². The average molecular weight is 331 g/mol. The number of benzene rings is 1. The van der Waals surface area contributed by atoms with Crippen molar-refractivity contribution in [2.75, 3.05) is 18.4 Å². The molecule has 0 aliphatic carbocycles. The van der Waals surface area contributed by atoms with Crippen LogP contribution < -0.4 is 5.32 Å². The molecule has 1 amide bonds. The number of nitrogens with one attached hydrogen (secondary N) is 1. The van der Waals surface area contributed by atoms with Gasteiger partial charge in [-0.15, -0.1) is 0 Å². The molecule has 24 heavy (non-hydrogen) atoms. The Morgan fingerprint density at radius 1 is 1.17 bits per heavy atom. The Morgan fingerprint density at radius 2 is 1.83 bits per heavy atom. The Bertz CT molecular complexity index is 705. The Balaban J connectivity index is 1.70. The van der Waals surface area contributed by atoms with E-state index in [9.17, 15) is 13.6 Å².